The largest absolute Gasteiger partial charge is 0.378 e. The Morgan fingerprint density at radius 3 is 3.12 bits per heavy atom. The van der Waals surface area contributed by atoms with E-state index in [1.807, 2.05) is 24.1 Å². The summed E-state index contributed by atoms with van der Waals surface area (Å²) in [6.45, 7) is 1.55. The summed E-state index contributed by atoms with van der Waals surface area (Å²) in [6, 6.07) is 0. The lowest BCUT2D eigenvalue weighted by molar-refractivity contribution is 0.0320. The zero-order chi connectivity index (χ0) is 11.4. The van der Waals surface area contributed by atoms with Crippen LogP contribution in [0.25, 0.3) is 0 Å². The molecule has 2 rings (SSSR count). The highest BCUT2D eigenvalue weighted by Crippen LogP contribution is 2.27. The summed E-state index contributed by atoms with van der Waals surface area (Å²) in [5, 5.41) is 4.14. The standard InChI is InChI=1S/C12H21N3O/c1-15-9-10(8-14-15)5-6-16-12-4-2-3-11(12)7-13/h8-9,11-12H,2-7,13H2,1H3. The van der Waals surface area contributed by atoms with Gasteiger partial charge in [0.2, 0.25) is 0 Å². The van der Waals surface area contributed by atoms with Crippen molar-refractivity contribution in [1.29, 1.82) is 0 Å². The molecule has 0 spiro atoms. The summed E-state index contributed by atoms with van der Waals surface area (Å²) in [5.41, 5.74) is 6.96. The molecule has 1 aliphatic carbocycles. The van der Waals surface area contributed by atoms with E-state index >= 15 is 0 Å². The van der Waals surface area contributed by atoms with E-state index in [9.17, 15) is 0 Å². The van der Waals surface area contributed by atoms with Crippen molar-refractivity contribution in [1.82, 2.24) is 9.78 Å². The average molecular weight is 223 g/mol. The van der Waals surface area contributed by atoms with Gasteiger partial charge in [0.05, 0.1) is 18.9 Å². The van der Waals surface area contributed by atoms with Crippen LogP contribution >= 0.6 is 0 Å². The zero-order valence-electron chi connectivity index (χ0n) is 9.93. The van der Waals surface area contributed by atoms with Gasteiger partial charge >= 0.3 is 0 Å². The minimum atomic E-state index is 0.390. The van der Waals surface area contributed by atoms with Gasteiger partial charge in [0, 0.05) is 13.2 Å². The highest BCUT2D eigenvalue weighted by atomic mass is 16.5. The first kappa shape index (κ1) is 11.6. The fourth-order valence-corrected chi connectivity index (χ4v) is 2.42. The van der Waals surface area contributed by atoms with Crippen molar-refractivity contribution < 1.29 is 4.74 Å². The van der Waals surface area contributed by atoms with Gasteiger partial charge in [0.25, 0.3) is 0 Å². The van der Waals surface area contributed by atoms with E-state index in [4.69, 9.17) is 10.5 Å². The summed E-state index contributed by atoms with van der Waals surface area (Å²) in [6.07, 6.45) is 8.95. The number of hydrogen-bond acceptors (Lipinski definition) is 3. The molecule has 0 saturated heterocycles. The van der Waals surface area contributed by atoms with Crippen LogP contribution in [0.15, 0.2) is 12.4 Å². The minimum Gasteiger partial charge on any atom is -0.378 e. The Morgan fingerprint density at radius 1 is 1.56 bits per heavy atom. The predicted molar refractivity (Wildman–Crippen MR) is 63.0 cm³/mol. The Kier molecular flexibility index (Phi) is 3.96. The first-order valence-corrected chi connectivity index (χ1v) is 6.09. The normalized spacial score (nSPS) is 25.1. The Bertz CT molecular complexity index is 324. The van der Waals surface area contributed by atoms with Gasteiger partial charge < -0.3 is 10.5 Å². The van der Waals surface area contributed by atoms with Gasteiger partial charge in [-0.3, -0.25) is 4.68 Å². The van der Waals surface area contributed by atoms with Crippen LogP contribution in [0.3, 0.4) is 0 Å². The average Bonchev–Trinajstić information content (AvgIpc) is 2.87. The van der Waals surface area contributed by atoms with Crippen LogP contribution in [0, 0.1) is 5.92 Å². The quantitative estimate of drug-likeness (QED) is 0.813. The maximum Gasteiger partial charge on any atom is 0.0615 e. The maximum atomic E-state index is 5.90. The number of nitrogens with zero attached hydrogens (tertiary/aromatic N) is 2. The van der Waals surface area contributed by atoms with Crippen LogP contribution in [-0.4, -0.2) is 29.0 Å². The smallest absolute Gasteiger partial charge is 0.0615 e. The molecule has 1 fully saturated rings. The topological polar surface area (TPSA) is 53.1 Å². The fraction of sp³-hybridized carbons (Fsp3) is 0.750. The van der Waals surface area contributed by atoms with E-state index in [1.165, 1.54) is 24.8 Å². The molecular formula is C12H21N3O. The van der Waals surface area contributed by atoms with Crippen molar-refractivity contribution in [2.24, 2.45) is 18.7 Å². The third-order valence-electron chi connectivity index (χ3n) is 3.37. The highest BCUT2D eigenvalue weighted by Gasteiger charge is 2.26. The lowest BCUT2D eigenvalue weighted by Gasteiger charge is -2.18. The summed E-state index contributed by atoms with van der Waals surface area (Å²) in [4.78, 5) is 0. The number of rotatable bonds is 5. The molecule has 4 heteroatoms. The van der Waals surface area contributed by atoms with Gasteiger partial charge in [0.15, 0.2) is 0 Å². The van der Waals surface area contributed by atoms with E-state index in [1.54, 1.807) is 0 Å². The Balaban J connectivity index is 1.71. The van der Waals surface area contributed by atoms with Crippen LogP contribution in [0.2, 0.25) is 0 Å². The highest BCUT2D eigenvalue weighted by molar-refractivity contribution is 5.03. The summed E-state index contributed by atoms with van der Waals surface area (Å²) >= 11 is 0. The molecule has 1 heterocycles. The first-order chi connectivity index (χ1) is 7.79. The molecule has 1 aliphatic rings. The summed E-state index contributed by atoms with van der Waals surface area (Å²) in [7, 11) is 1.94. The van der Waals surface area contributed by atoms with Crippen molar-refractivity contribution in [3.8, 4) is 0 Å². The fourth-order valence-electron chi connectivity index (χ4n) is 2.42. The van der Waals surface area contributed by atoms with Crippen LogP contribution in [0.1, 0.15) is 24.8 Å². The van der Waals surface area contributed by atoms with Crippen molar-refractivity contribution in [2.75, 3.05) is 13.2 Å². The number of hydrogen-bond donors (Lipinski definition) is 1. The van der Waals surface area contributed by atoms with Gasteiger partial charge in [-0.25, -0.2) is 0 Å². The predicted octanol–water partition coefficient (Wildman–Crippen LogP) is 1.11. The molecule has 1 aromatic heterocycles. The number of nitrogens with two attached hydrogens (primary N) is 1. The summed E-state index contributed by atoms with van der Waals surface area (Å²) < 4.78 is 7.73. The summed E-state index contributed by atoms with van der Waals surface area (Å²) in [5.74, 6) is 0.578. The van der Waals surface area contributed by atoms with Crippen LogP contribution in [0.4, 0.5) is 0 Å². The van der Waals surface area contributed by atoms with Gasteiger partial charge in [-0.1, -0.05) is 6.42 Å². The zero-order valence-corrected chi connectivity index (χ0v) is 9.93. The van der Waals surface area contributed by atoms with Gasteiger partial charge in [-0.05, 0) is 37.3 Å². The molecule has 1 aromatic rings. The number of ether oxygens (including phenoxy) is 1. The first-order valence-electron chi connectivity index (χ1n) is 6.09. The molecular weight excluding hydrogens is 202 g/mol. The SMILES string of the molecule is Cn1cc(CCOC2CCCC2CN)cn1. The van der Waals surface area contributed by atoms with Crippen LogP contribution in [-0.2, 0) is 18.2 Å². The van der Waals surface area contributed by atoms with Crippen molar-refractivity contribution in [2.45, 2.75) is 31.8 Å². The number of aromatic nitrogens is 2. The molecule has 1 saturated carbocycles. The van der Waals surface area contributed by atoms with Crippen molar-refractivity contribution in [3.05, 3.63) is 18.0 Å². The van der Waals surface area contributed by atoms with Crippen LogP contribution in [0.5, 0.6) is 0 Å². The van der Waals surface area contributed by atoms with E-state index in [0.717, 1.165) is 19.6 Å². The minimum absolute atomic E-state index is 0.390. The molecule has 2 unspecified atom stereocenters. The molecule has 0 radical (unpaired) electrons. The van der Waals surface area contributed by atoms with Gasteiger partial charge in [-0.15, -0.1) is 0 Å². The number of aryl methyl sites for hydroxylation is 1. The molecule has 4 nitrogen and oxygen atoms in total. The molecule has 2 N–H and O–H groups in total. The molecule has 0 bridgehead atoms. The lowest BCUT2D eigenvalue weighted by Crippen LogP contribution is -2.26. The molecule has 2 atom stereocenters. The Hall–Kier alpha value is -0.870. The van der Waals surface area contributed by atoms with E-state index < -0.39 is 0 Å². The third-order valence-corrected chi connectivity index (χ3v) is 3.37. The Morgan fingerprint density at radius 2 is 2.44 bits per heavy atom. The second-order valence-corrected chi connectivity index (χ2v) is 4.61. The monoisotopic (exact) mass is 223 g/mol. The van der Waals surface area contributed by atoms with E-state index in [2.05, 4.69) is 5.10 Å². The molecule has 16 heavy (non-hydrogen) atoms. The second kappa shape index (κ2) is 5.46. The second-order valence-electron chi connectivity index (χ2n) is 4.61. The maximum absolute atomic E-state index is 5.90. The lowest BCUT2D eigenvalue weighted by atomic mass is 10.1. The molecule has 0 aromatic carbocycles. The van der Waals surface area contributed by atoms with E-state index in [0.29, 0.717) is 12.0 Å². The molecule has 0 aliphatic heterocycles. The molecule has 90 valence electrons. The van der Waals surface area contributed by atoms with E-state index in [-0.39, 0.29) is 0 Å². The molecule has 0 amide bonds. The van der Waals surface area contributed by atoms with Gasteiger partial charge in [-0.2, -0.15) is 5.10 Å². The Labute approximate surface area is 96.8 Å². The van der Waals surface area contributed by atoms with Gasteiger partial charge in [0.1, 0.15) is 0 Å². The third kappa shape index (κ3) is 2.83. The van der Waals surface area contributed by atoms with Crippen molar-refractivity contribution in [3.63, 3.8) is 0 Å². The van der Waals surface area contributed by atoms with Crippen molar-refractivity contribution >= 4 is 0 Å². The van der Waals surface area contributed by atoms with Crippen LogP contribution < -0.4 is 5.73 Å².